The Morgan fingerprint density at radius 2 is 1.83 bits per heavy atom. The fourth-order valence-corrected chi connectivity index (χ4v) is 5.45. The SMILES string of the molecule is O=C(CC1CCOCC1)N[C@@H]1c2ccccc2[C@@H]2CN(Cc3ccncc3)C[C@H]12. The largest absolute Gasteiger partial charge is 0.381 e. The van der Waals surface area contributed by atoms with E-state index in [2.05, 4.69) is 51.6 Å². The van der Waals surface area contributed by atoms with Gasteiger partial charge in [0.25, 0.3) is 0 Å². The highest BCUT2D eigenvalue weighted by molar-refractivity contribution is 5.77. The quantitative estimate of drug-likeness (QED) is 0.850. The highest BCUT2D eigenvalue weighted by atomic mass is 16.5. The molecule has 1 aromatic carbocycles. The Hall–Kier alpha value is -2.24. The van der Waals surface area contributed by atoms with Crippen LogP contribution in [-0.2, 0) is 16.1 Å². The number of fused-ring (bicyclic) bond motifs is 3. The summed E-state index contributed by atoms with van der Waals surface area (Å²) in [7, 11) is 0. The van der Waals surface area contributed by atoms with E-state index in [-0.39, 0.29) is 11.9 Å². The van der Waals surface area contributed by atoms with Crippen LogP contribution < -0.4 is 5.32 Å². The van der Waals surface area contributed by atoms with E-state index in [1.807, 2.05) is 12.4 Å². The van der Waals surface area contributed by atoms with Gasteiger partial charge in [-0.1, -0.05) is 24.3 Å². The van der Waals surface area contributed by atoms with Gasteiger partial charge in [-0.25, -0.2) is 0 Å². The van der Waals surface area contributed by atoms with Crippen LogP contribution in [0, 0.1) is 11.8 Å². The van der Waals surface area contributed by atoms with Crippen molar-refractivity contribution in [1.82, 2.24) is 15.2 Å². The number of nitrogens with one attached hydrogen (secondary N) is 1. The minimum Gasteiger partial charge on any atom is -0.381 e. The van der Waals surface area contributed by atoms with Crippen LogP contribution in [0.3, 0.4) is 0 Å². The van der Waals surface area contributed by atoms with Gasteiger partial charge in [0, 0.05) is 63.5 Å². The van der Waals surface area contributed by atoms with Crippen molar-refractivity contribution in [2.24, 2.45) is 11.8 Å². The van der Waals surface area contributed by atoms with E-state index in [0.29, 0.717) is 24.2 Å². The molecule has 2 saturated heterocycles. The first-order valence-corrected chi connectivity index (χ1v) is 10.8. The van der Waals surface area contributed by atoms with Gasteiger partial charge in [-0.15, -0.1) is 0 Å². The molecule has 1 N–H and O–H groups in total. The van der Waals surface area contributed by atoms with E-state index in [1.165, 1.54) is 16.7 Å². The molecule has 0 unspecified atom stereocenters. The van der Waals surface area contributed by atoms with E-state index < -0.39 is 0 Å². The number of ether oxygens (including phenoxy) is 1. The van der Waals surface area contributed by atoms with Crippen LogP contribution in [0.15, 0.2) is 48.8 Å². The molecule has 0 saturated carbocycles. The fourth-order valence-electron chi connectivity index (χ4n) is 5.45. The van der Waals surface area contributed by atoms with E-state index in [1.54, 1.807) is 0 Å². The molecule has 3 aliphatic rings. The number of hydrogen-bond donors (Lipinski definition) is 1. The molecule has 0 spiro atoms. The van der Waals surface area contributed by atoms with E-state index >= 15 is 0 Å². The number of amides is 1. The summed E-state index contributed by atoms with van der Waals surface area (Å²) >= 11 is 0. The summed E-state index contributed by atoms with van der Waals surface area (Å²) in [5.41, 5.74) is 4.05. The Kier molecular flexibility index (Phi) is 5.34. The third-order valence-electron chi connectivity index (χ3n) is 6.89. The smallest absolute Gasteiger partial charge is 0.220 e. The molecule has 1 aliphatic carbocycles. The molecule has 2 aromatic rings. The first kappa shape index (κ1) is 18.8. The summed E-state index contributed by atoms with van der Waals surface area (Å²) < 4.78 is 5.44. The third kappa shape index (κ3) is 3.94. The van der Waals surface area contributed by atoms with Crippen LogP contribution in [0.1, 0.15) is 47.9 Å². The van der Waals surface area contributed by atoms with Crippen molar-refractivity contribution >= 4 is 5.91 Å². The number of rotatable bonds is 5. The van der Waals surface area contributed by atoms with Crippen molar-refractivity contribution in [3.05, 3.63) is 65.5 Å². The molecule has 5 heteroatoms. The van der Waals surface area contributed by atoms with Crippen LogP contribution in [0.25, 0.3) is 0 Å². The number of aromatic nitrogens is 1. The summed E-state index contributed by atoms with van der Waals surface area (Å²) in [6.45, 7) is 4.60. The van der Waals surface area contributed by atoms with Gasteiger partial charge in [0.2, 0.25) is 5.91 Å². The predicted octanol–water partition coefficient (Wildman–Crippen LogP) is 3.28. The van der Waals surface area contributed by atoms with E-state index in [9.17, 15) is 4.79 Å². The van der Waals surface area contributed by atoms with E-state index in [4.69, 9.17) is 4.74 Å². The maximum atomic E-state index is 12.9. The van der Waals surface area contributed by atoms with Gasteiger partial charge < -0.3 is 10.1 Å². The number of carbonyl (C=O) groups is 1. The van der Waals surface area contributed by atoms with Gasteiger partial charge >= 0.3 is 0 Å². The molecule has 3 atom stereocenters. The summed E-state index contributed by atoms with van der Waals surface area (Å²) in [5, 5.41) is 3.42. The van der Waals surface area contributed by atoms with Crippen molar-refractivity contribution < 1.29 is 9.53 Å². The second-order valence-electron chi connectivity index (χ2n) is 8.75. The van der Waals surface area contributed by atoms with Gasteiger partial charge in [-0.2, -0.15) is 0 Å². The van der Waals surface area contributed by atoms with Crippen molar-refractivity contribution in [1.29, 1.82) is 0 Å². The predicted molar refractivity (Wildman–Crippen MR) is 111 cm³/mol. The Morgan fingerprint density at radius 3 is 2.62 bits per heavy atom. The lowest BCUT2D eigenvalue weighted by Gasteiger charge is -2.25. The maximum Gasteiger partial charge on any atom is 0.220 e. The normalized spacial score (nSPS) is 26.8. The molecule has 5 rings (SSSR count). The third-order valence-corrected chi connectivity index (χ3v) is 6.89. The number of nitrogens with zero attached hydrogens (tertiary/aromatic N) is 2. The maximum absolute atomic E-state index is 12.9. The second kappa shape index (κ2) is 8.25. The summed E-state index contributed by atoms with van der Waals surface area (Å²) in [5.74, 6) is 1.61. The Bertz CT molecular complexity index is 850. The molecular formula is C24H29N3O2. The van der Waals surface area contributed by atoms with Crippen LogP contribution in [0.4, 0.5) is 0 Å². The zero-order valence-electron chi connectivity index (χ0n) is 16.8. The monoisotopic (exact) mass is 391 g/mol. The molecule has 3 heterocycles. The highest BCUT2D eigenvalue weighted by Gasteiger charge is 2.46. The summed E-state index contributed by atoms with van der Waals surface area (Å²) in [4.78, 5) is 19.5. The average Bonchev–Trinajstić information content (AvgIpc) is 3.28. The van der Waals surface area contributed by atoms with Crippen molar-refractivity contribution in [3.8, 4) is 0 Å². The lowest BCUT2D eigenvalue weighted by atomic mass is 9.93. The fraction of sp³-hybridized carbons (Fsp3) is 0.500. The second-order valence-corrected chi connectivity index (χ2v) is 8.75. The highest BCUT2D eigenvalue weighted by Crippen LogP contribution is 2.49. The molecule has 0 bridgehead atoms. The Labute approximate surface area is 172 Å². The average molecular weight is 392 g/mol. The van der Waals surface area contributed by atoms with Crippen molar-refractivity contribution in [3.63, 3.8) is 0 Å². The molecule has 2 fully saturated rings. The Morgan fingerprint density at radius 1 is 1.07 bits per heavy atom. The number of carbonyl (C=O) groups excluding carboxylic acids is 1. The summed E-state index contributed by atoms with van der Waals surface area (Å²) in [6, 6.07) is 13.0. The standard InChI is InChI=1S/C24H29N3O2/c28-23(13-17-7-11-29-12-8-17)26-24-20-4-2-1-3-19(20)21-15-27(16-22(21)24)14-18-5-9-25-10-6-18/h1-6,9-10,17,21-22,24H,7-8,11-16H2,(H,26,28)/t21-,22-,24+/m0/s1. The zero-order valence-corrected chi connectivity index (χ0v) is 16.8. The van der Waals surface area contributed by atoms with Gasteiger partial charge in [0.15, 0.2) is 0 Å². The number of hydrogen-bond acceptors (Lipinski definition) is 4. The van der Waals surface area contributed by atoms with Crippen LogP contribution in [0.2, 0.25) is 0 Å². The molecule has 5 nitrogen and oxygen atoms in total. The zero-order chi connectivity index (χ0) is 19.6. The molecule has 1 aromatic heterocycles. The Balaban J connectivity index is 1.29. The minimum absolute atomic E-state index is 0.131. The van der Waals surface area contributed by atoms with Gasteiger partial charge in [-0.05, 0) is 47.6 Å². The number of pyridine rings is 1. The lowest BCUT2D eigenvalue weighted by Crippen LogP contribution is -2.35. The lowest BCUT2D eigenvalue weighted by molar-refractivity contribution is -0.123. The minimum atomic E-state index is 0.131. The number of likely N-dealkylation sites (tertiary alicyclic amines) is 1. The van der Waals surface area contributed by atoms with Gasteiger partial charge in [0.05, 0.1) is 6.04 Å². The first-order chi connectivity index (χ1) is 14.3. The van der Waals surface area contributed by atoms with Gasteiger partial charge in [0.1, 0.15) is 0 Å². The molecule has 29 heavy (non-hydrogen) atoms. The first-order valence-electron chi connectivity index (χ1n) is 10.8. The molecular weight excluding hydrogens is 362 g/mol. The molecule has 2 aliphatic heterocycles. The van der Waals surface area contributed by atoms with E-state index in [0.717, 1.165) is 45.7 Å². The van der Waals surface area contributed by atoms with Crippen LogP contribution in [-0.4, -0.2) is 42.1 Å². The van der Waals surface area contributed by atoms with Gasteiger partial charge in [-0.3, -0.25) is 14.7 Å². The van der Waals surface area contributed by atoms with Crippen molar-refractivity contribution in [2.75, 3.05) is 26.3 Å². The number of benzene rings is 1. The molecule has 0 radical (unpaired) electrons. The summed E-state index contributed by atoms with van der Waals surface area (Å²) in [6.07, 6.45) is 6.35. The molecule has 152 valence electrons. The van der Waals surface area contributed by atoms with Crippen molar-refractivity contribution in [2.45, 2.75) is 37.8 Å². The van der Waals surface area contributed by atoms with Crippen LogP contribution in [0.5, 0.6) is 0 Å². The molecule has 1 amide bonds. The van der Waals surface area contributed by atoms with Crippen LogP contribution >= 0.6 is 0 Å². The topological polar surface area (TPSA) is 54.5 Å².